The summed E-state index contributed by atoms with van der Waals surface area (Å²) < 4.78 is 6.73. The van der Waals surface area contributed by atoms with Gasteiger partial charge in [0.2, 0.25) is 5.91 Å². The number of para-hydroxylation sites is 2. The van der Waals surface area contributed by atoms with Gasteiger partial charge < -0.3 is 10.1 Å². The van der Waals surface area contributed by atoms with E-state index in [-0.39, 0.29) is 11.5 Å². The number of amides is 1. The minimum Gasteiger partial charge on any atom is -0.495 e. The molecule has 32 heavy (non-hydrogen) atoms. The summed E-state index contributed by atoms with van der Waals surface area (Å²) in [4.78, 5) is 32.9. The molecule has 2 aromatic carbocycles. The van der Waals surface area contributed by atoms with E-state index in [9.17, 15) is 9.59 Å². The number of rotatable bonds is 6. The molecule has 1 amide bonds. The molecule has 0 radical (unpaired) electrons. The molecule has 4 rings (SSSR count). The lowest BCUT2D eigenvalue weighted by Gasteiger charge is -2.18. The van der Waals surface area contributed by atoms with Crippen LogP contribution in [0.15, 0.2) is 59.7 Å². The smallest absolute Gasteiger partial charge is 0.263 e. The Morgan fingerprint density at radius 1 is 1.22 bits per heavy atom. The minimum atomic E-state index is -0.720. The Hall–Kier alpha value is -3.16. The highest BCUT2D eigenvalue weighted by Gasteiger charge is 2.24. The van der Waals surface area contributed by atoms with E-state index in [2.05, 4.69) is 10.3 Å². The van der Waals surface area contributed by atoms with Gasteiger partial charge in [-0.1, -0.05) is 42.8 Å². The van der Waals surface area contributed by atoms with E-state index in [1.807, 2.05) is 38.1 Å². The van der Waals surface area contributed by atoms with Gasteiger partial charge in [0.15, 0.2) is 0 Å². The molecule has 1 atom stereocenters. The topological polar surface area (TPSA) is 73.2 Å². The monoisotopic (exact) mass is 467 g/mol. The zero-order valence-electron chi connectivity index (χ0n) is 17.9. The highest BCUT2D eigenvalue weighted by atomic mass is 35.5. The van der Waals surface area contributed by atoms with E-state index in [4.69, 9.17) is 16.3 Å². The van der Waals surface area contributed by atoms with E-state index in [0.29, 0.717) is 33.1 Å². The lowest BCUT2D eigenvalue weighted by molar-refractivity contribution is -0.119. The number of hydrogen-bond donors (Lipinski definition) is 1. The fourth-order valence-corrected chi connectivity index (χ4v) is 4.90. The van der Waals surface area contributed by atoms with Crippen LogP contribution in [0.1, 0.15) is 24.3 Å². The fraction of sp³-hybridized carbons (Fsp3) is 0.208. The third-order valence-electron chi connectivity index (χ3n) is 5.34. The third-order valence-corrected chi connectivity index (χ3v) is 6.60. The van der Waals surface area contributed by atoms with Crippen molar-refractivity contribution in [1.29, 1.82) is 0 Å². The van der Waals surface area contributed by atoms with E-state index in [0.717, 1.165) is 16.0 Å². The maximum atomic E-state index is 13.6. The number of thiophene rings is 1. The summed E-state index contributed by atoms with van der Waals surface area (Å²) in [6.45, 7) is 3.83. The maximum Gasteiger partial charge on any atom is 0.263 e. The Labute approximate surface area is 194 Å². The summed E-state index contributed by atoms with van der Waals surface area (Å²) in [5.74, 6) is 0.246. The summed E-state index contributed by atoms with van der Waals surface area (Å²) in [5, 5.41) is 4.02. The summed E-state index contributed by atoms with van der Waals surface area (Å²) in [7, 11) is 1.54. The molecule has 0 aliphatic rings. The average molecular weight is 468 g/mol. The molecule has 1 unspecified atom stereocenters. The fourth-order valence-electron chi connectivity index (χ4n) is 3.77. The van der Waals surface area contributed by atoms with Gasteiger partial charge >= 0.3 is 0 Å². The SMILES string of the molecule is CCC(C(=O)Nc1ccccc1OC)n1cnc2sc(C)c(-c3ccc(Cl)cc3)c2c1=O. The van der Waals surface area contributed by atoms with Crippen molar-refractivity contribution < 1.29 is 9.53 Å². The molecule has 2 heterocycles. The van der Waals surface area contributed by atoms with Crippen LogP contribution in [-0.4, -0.2) is 22.6 Å². The first-order valence-corrected chi connectivity index (χ1v) is 11.3. The predicted molar refractivity (Wildman–Crippen MR) is 130 cm³/mol. The van der Waals surface area contributed by atoms with Crippen LogP contribution in [0.5, 0.6) is 5.75 Å². The van der Waals surface area contributed by atoms with Gasteiger partial charge in [-0.25, -0.2) is 4.98 Å². The van der Waals surface area contributed by atoms with Crippen molar-refractivity contribution in [3.63, 3.8) is 0 Å². The van der Waals surface area contributed by atoms with Crippen molar-refractivity contribution in [3.05, 3.63) is 75.1 Å². The number of carbonyl (C=O) groups excluding carboxylic acids is 1. The highest BCUT2D eigenvalue weighted by Crippen LogP contribution is 2.36. The molecule has 2 aromatic heterocycles. The number of halogens is 1. The predicted octanol–water partition coefficient (Wildman–Crippen LogP) is 5.69. The van der Waals surface area contributed by atoms with Crippen LogP contribution in [-0.2, 0) is 4.79 Å². The minimum absolute atomic E-state index is 0.244. The number of benzene rings is 2. The van der Waals surface area contributed by atoms with Crippen LogP contribution in [0.25, 0.3) is 21.3 Å². The molecule has 0 bridgehead atoms. The standard InChI is InChI=1S/C24H22ClN3O3S/c1-4-18(22(29)27-17-7-5-6-8-19(17)31-3)28-13-26-23-21(24(28)30)20(14(2)32-23)15-9-11-16(25)12-10-15/h5-13,18H,4H2,1-3H3,(H,27,29). The summed E-state index contributed by atoms with van der Waals surface area (Å²) in [5.41, 5.74) is 2.02. The van der Waals surface area contributed by atoms with Gasteiger partial charge in [0.25, 0.3) is 5.56 Å². The second-order valence-electron chi connectivity index (χ2n) is 7.29. The molecule has 164 valence electrons. The molecule has 0 saturated heterocycles. The number of aromatic nitrogens is 2. The van der Waals surface area contributed by atoms with Crippen molar-refractivity contribution in [2.45, 2.75) is 26.3 Å². The summed E-state index contributed by atoms with van der Waals surface area (Å²) in [6.07, 6.45) is 1.88. The van der Waals surface area contributed by atoms with Gasteiger partial charge in [-0.05, 0) is 43.2 Å². The third kappa shape index (κ3) is 4.01. The number of fused-ring (bicyclic) bond motifs is 1. The summed E-state index contributed by atoms with van der Waals surface area (Å²) >= 11 is 7.50. The van der Waals surface area contributed by atoms with E-state index < -0.39 is 6.04 Å². The maximum absolute atomic E-state index is 13.6. The van der Waals surface area contributed by atoms with E-state index in [1.165, 1.54) is 22.2 Å². The van der Waals surface area contributed by atoms with Crippen LogP contribution >= 0.6 is 22.9 Å². The number of nitrogens with one attached hydrogen (secondary N) is 1. The molecule has 4 aromatic rings. The first kappa shape index (κ1) is 22.0. The molecule has 0 aliphatic heterocycles. The first-order valence-electron chi connectivity index (χ1n) is 10.1. The van der Waals surface area contributed by atoms with E-state index >= 15 is 0 Å². The molecule has 0 fully saturated rings. The molecule has 0 spiro atoms. The largest absolute Gasteiger partial charge is 0.495 e. The van der Waals surface area contributed by atoms with Gasteiger partial charge in [-0.2, -0.15) is 0 Å². The van der Waals surface area contributed by atoms with Crippen LogP contribution in [0, 0.1) is 6.92 Å². The lowest BCUT2D eigenvalue weighted by Crippen LogP contribution is -2.33. The van der Waals surface area contributed by atoms with Crippen molar-refractivity contribution in [1.82, 2.24) is 9.55 Å². The van der Waals surface area contributed by atoms with Crippen LogP contribution in [0.4, 0.5) is 5.69 Å². The Balaban J connectivity index is 1.78. The van der Waals surface area contributed by atoms with Crippen molar-refractivity contribution >= 4 is 44.7 Å². The van der Waals surface area contributed by atoms with Crippen molar-refractivity contribution in [3.8, 4) is 16.9 Å². The molecular weight excluding hydrogens is 446 g/mol. The number of anilines is 1. The normalized spacial score (nSPS) is 12.0. The van der Waals surface area contributed by atoms with Crippen molar-refractivity contribution in [2.24, 2.45) is 0 Å². The lowest BCUT2D eigenvalue weighted by atomic mass is 10.0. The van der Waals surface area contributed by atoms with Gasteiger partial charge in [0.05, 0.1) is 24.5 Å². The molecule has 0 saturated carbocycles. The quantitative estimate of drug-likeness (QED) is 0.395. The molecular formula is C24H22ClN3O3S. The number of carbonyl (C=O) groups is 1. The van der Waals surface area contributed by atoms with Crippen LogP contribution < -0.4 is 15.6 Å². The molecule has 1 N–H and O–H groups in total. The number of methoxy groups -OCH3 is 1. The Morgan fingerprint density at radius 2 is 1.94 bits per heavy atom. The second-order valence-corrected chi connectivity index (χ2v) is 8.93. The van der Waals surface area contributed by atoms with Gasteiger partial charge in [0.1, 0.15) is 16.6 Å². The van der Waals surface area contributed by atoms with Gasteiger partial charge in [0, 0.05) is 15.5 Å². The van der Waals surface area contributed by atoms with Crippen molar-refractivity contribution in [2.75, 3.05) is 12.4 Å². The van der Waals surface area contributed by atoms with Crippen LogP contribution in [0.3, 0.4) is 0 Å². The second kappa shape index (κ2) is 9.14. The Kier molecular flexibility index (Phi) is 6.30. The van der Waals surface area contributed by atoms with Crippen LogP contribution in [0.2, 0.25) is 5.02 Å². The van der Waals surface area contributed by atoms with Gasteiger partial charge in [-0.3, -0.25) is 14.2 Å². The first-order chi connectivity index (χ1) is 15.4. The zero-order chi connectivity index (χ0) is 22.8. The highest BCUT2D eigenvalue weighted by molar-refractivity contribution is 7.19. The average Bonchev–Trinajstić information content (AvgIpc) is 3.13. The molecule has 8 heteroatoms. The molecule has 0 aliphatic carbocycles. The number of hydrogen-bond acceptors (Lipinski definition) is 5. The number of ether oxygens (including phenoxy) is 1. The Bertz CT molecular complexity index is 1350. The Morgan fingerprint density at radius 3 is 2.62 bits per heavy atom. The number of aryl methyl sites for hydroxylation is 1. The zero-order valence-corrected chi connectivity index (χ0v) is 19.5. The molecule has 6 nitrogen and oxygen atoms in total. The van der Waals surface area contributed by atoms with Gasteiger partial charge in [-0.15, -0.1) is 11.3 Å². The summed E-state index contributed by atoms with van der Waals surface area (Å²) in [6, 6.07) is 13.8. The van der Waals surface area contributed by atoms with E-state index in [1.54, 1.807) is 31.4 Å². The number of nitrogens with zero attached hydrogens (tertiary/aromatic N) is 2.